The molecule has 3 aromatic rings. The molecule has 7 nitrogen and oxygen atoms in total. The van der Waals surface area contributed by atoms with E-state index in [1.165, 1.54) is 4.57 Å². The number of amides is 1. The van der Waals surface area contributed by atoms with Gasteiger partial charge >= 0.3 is 5.97 Å². The van der Waals surface area contributed by atoms with Crippen molar-refractivity contribution in [2.45, 2.75) is 32.9 Å². The monoisotopic (exact) mass is 571 g/mol. The zero-order chi connectivity index (χ0) is 25.0. The third-order valence-electron chi connectivity index (χ3n) is 5.70. The fourth-order valence-electron chi connectivity index (χ4n) is 4.24. The van der Waals surface area contributed by atoms with Gasteiger partial charge in [-0.05, 0) is 56.7 Å². The van der Waals surface area contributed by atoms with Crippen LogP contribution < -0.4 is 20.2 Å². The van der Waals surface area contributed by atoms with E-state index in [9.17, 15) is 14.4 Å². The summed E-state index contributed by atoms with van der Waals surface area (Å²) >= 11 is 10.7. The molecule has 2 aliphatic heterocycles. The van der Waals surface area contributed by atoms with Crippen molar-refractivity contribution >= 4 is 62.0 Å². The number of carbonyl (C=O) groups excluding carboxylic acids is 2. The molecule has 0 saturated heterocycles. The predicted octanol–water partition coefficient (Wildman–Crippen LogP) is 3.93. The lowest BCUT2D eigenvalue weighted by Gasteiger charge is -2.25. The second-order valence-electron chi connectivity index (χ2n) is 8.43. The fourth-order valence-corrected chi connectivity index (χ4v) is 5.87. The van der Waals surface area contributed by atoms with Gasteiger partial charge in [0.15, 0.2) is 4.80 Å². The Morgan fingerprint density at radius 2 is 1.91 bits per heavy atom. The Labute approximate surface area is 217 Å². The van der Waals surface area contributed by atoms with Crippen molar-refractivity contribution in [1.29, 1.82) is 0 Å². The SMILES string of the molecule is CC1=C(C(=O)OC(C)C)[C@H](c2ccc(Cl)cc2)n2c(s/c(=C3\C(=O)Nc4ccc(Br)cc43)c2=O)=N1. The Bertz CT molecular complexity index is 1620. The topological polar surface area (TPSA) is 89.8 Å². The number of aromatic nitrogens is 1. The van der Waals surface area contributed by atoms with E-state index < -0.39 is 17.6 Å². The fraction of sp³-hybridized carbons (Fsp3) is 0.200. The molecule has 0 fully saturated rings. The van der Waals surface area contributed by atoms with Crippen LogP contribution in [0.2, 0.25) is 5.02 Å². The van der Waals surface area contributed by atoms with E-state index in [1.807, 2.05) is 6.07 Å². The van der Waals surface area contributed by atoms with Crippen LogP contribution in [0, 0.1) is 0 Å². The Hall–Kier alpha value is -3.01. The molecule has 2 aliphatic rings. The summed E-state index contributed by atoms with van der Waals surface area (Å²) < 4.78 is 8.00. The minimum absolute atomic E-state index is 0.253. The lowest BCUT2D eigenvalue weighted by molar-refractivity contribution is -0.143. The standard InChI is InChI=1S/C25H19BrClN3O4S/c1-11(2)34-24(33)18-12(3)28-25-30(20(18)13-4-7-15(27)8-5-13)23(32)21(35-25)19-16-10-14(26)6-9-17(16)29-22(19)31/h4-11,20H,1-3H3,(H,29,31)/b21-19-/t20-/m0/s1. The number of allylic oxidation sites excluding steroid dienone is 1. The maximum absolute atomic E-state index is 13.9. The van der Waals surface area contributed by atoms with Crippen molar-refractivity contribution in [3.8, 4) is 0 Å². The van der Waals surface area contributed by atoms with Gasteiger partial charge in [0.25, 0.3) is 11.5 Å². The van der Waals surface area contributed by atoms with Gasteiger partial charge in [-0.3, -0.25) is 14.2 Å². The first kappa shape index (κ1) is 23.7. The van der Waals surface area contributed by atoms with Crippen molar-refractivity contribution in [3.05, 3.63) is 94.0 Å². The number of esters is 1. The Morgan fingerprint density at radius 3 is 2.60 bits per heavy atom. The van der Waals surface area contributed by atoms with E-state index in [2.05, 4.69) is 26.2 Å². The Kier molecular flexibility index (Phi) is 6.03. The number of benzene rings is 2. The van der Waals surface area contributed by atoms with Crippen molar-refractivity contribution in [3.63, 3.8) is 0 Å². The Balaban J connectivity index is 1.81. The molecule has 178 valence electrons. The van der Waals surface area contributed by atoms with Gasteiger partial charge in [-0.15, -0.1) is 0 Å². The number of hydrogen-bond donors (Lipinski definition) is 1. The van der Waals surface area contributed by atoms with E-state index in [0.717, 1.165) is 15.8 Å². The summed E-state index contributed by atoms with van der Waals surface area (Å²) in [4.78, 5) is 44.9. The van der Waals surface area contributed by atoms with Gasteiger partial charge in [-0.2, -0.15) is 0 Å². The molecule has 0 saturated carbocycles. The minimum Gasteiger partial charge on any atom is -0.459 e. The number of ether oxygens (including phenoxy) is 1. The molecular formula is C25H19BrClN3O4S. The second kappa shape index (κ2) is 8.89. The first-order chi connectivity index (χ1) is 16.7. The van der Waals surface area contributed by atoms with Gasteiger partial charge in [-0.25, -0.2) is 9.79 Å². The van der Waals surface area contributed by atoms with E-state index in [0.29, 0.717) is 32.3 Å². The highest BCUT2D eigenvalue weighted by molar-refractivity contribution is 9.10. The van der Waals surface area contributed by atoms with Crippen LogP contribution in [0.3, 0.4) is 0 Å². The average Bonchev–Trinajstić information content (AvgIpc) is 3.27. The number of nitrogens with zero attached hydrogens (tertiary/aromatic N) is 2. The van der Waals surface area contributed by atoms with Crippen molar-refractivity contribution in [2.24, 2.45) is 4.99 Å². The predicted molar refractivity (Wildman–Crippen MR) is 138 cm³/mol. The number of halogens is 2. The van der Waals surface area contributed by atoms with Crippen molar-refractivity contribution in [1.82, 2.24) is 4.57 Å². The average molecular weight is 573 g/mol. The molecule has 1 atom stereocenters. The number of carbonyl (C=O) groups is 2. The molecule has 1 aromatic heterocycles. The van der Waals surface area contributed by atoms with Gasteiger partial charge in [0, 0.05) is 20.7 Å². The van der Waals surface area contributed by atoms with Crippen LogP contribution in [-0.4, -0.2) is 22.5 Å². The highest BCUT2D eigenvalue weighted by Gasteiger charge is 2.35. The van der Waals surface area contributed by atoms with Gasteiger partial charge in [0.1, 0.15) is 4.53 Å². The second-order valence-corrected chi connectivity index (χ2v) is 10.8. The van der Waals surface area contributed by atoms with Crippen LogP contribution >= 0.6 is 38.9 Å². The van der Waals surface area contributed by atoms with Crippen LogP contribution in [0.1, 0.15) is 37.9 Å². The molecular weight excluding hydrogens is 554 g/mol. The molecule has 0 bridgehead atoms. The van der Waals surface area contributed by atoms with Gasteiger partial charge in [0.05, 0.1) is 29.0 Å². The molecule has 10 heteroatoms. The number of hydrogen-bond acceptors (Lipinski definition) is 6. The van der Waals surface area contributed by atoms with Crippen LogP contribution in [-0.2, 0) is 14.3 Å². The summed E-state index contributed by atoms with van der Waals surface area (Å²) in [6, 6.07) is 11.6. The molecule has 0 radical (unpaired) electrons. The summed E-state index contributed by atoms with van der Waals surface area (Å²) in [7, 11) is 0. The first-order valence-corrected chi connectivity index (χ1v) is 12.8. The first-order valence-electron chi connectivity index (χ1n) is 10.8. The third-order valence-corrected chi connectivity index (χ3v) is 7.50. The molecule has 1 amide bonds. The van der Waals surface area contributed by atoms with E-state index in [4.69, 9.17) is 16.3 Å². The number of anilines is 1. The van der Waals surface area contributed by atoms with Crippen LogP contribution in [0.25, 0.3) is 5.57 Å². The minimum atomic E-state index is -0.782. The summed E-state index contributed by atoms with van der Waals surface area (Å²) in [5.74, 6) is -0.909. The van der Waals surface area contributed by atoms with Crippen LogP contribution in [0.4, 0.5) is 5.69 Å². The maximum atomic E-state index is 13.9. The smallest absolute Gasteiger partial charge is 0.338 e. The quantitative estimate of drug-likeness (QED) is 0.482. The summed E-state index contributed by atoms with van der Waals surface area (Å²) in [5, 5.41) is 3.35. The molecule has 0 spiro atoms. The summed E-state index contributed by atoms with van der Waals surface area (Å²) in [6.07, 6.45) is -0.350. The van der Waals surface area contributed by atoms with E-state index in [-0.39, 0.29) is 27.7 Å². The van der Waals surface area contributed by atoms with Crippen molar-refractivity contribution in [2.75, 3.05) is 5.32 Å². The molecule has 2 aromatic carbocycles. The molecule has 1 N–H and O–H groups in total. The van der Waals surface area contributed by atoms with Crippen LogP contribution in [0.15, 0.2) is 68.0 Å². The van der Waals surface area contributed by atoms with E-state index in [1.54, 1.807) is 57.2 Å². The Morgan fingerprint density at radius 1 is 1.20 bits per heavy atom. The number of fused-ring (bicyclic) bond motifs is 2. The summed E-state index contributed by atoms with van der Waals surface area (Å²) in [5.41, 5.74) is 2.53. The number of nitrogens with one attached hydrogen (secondary N) is 1. The molecule has 35 heavy (non-hydrogen) atoms. The van der Waals surface area contributed by atoms with Gasteiger partial charge in [0.2, 0.25) is 0 Å². The third kappa shape index (κ3) is 4.07. The molecule has 0 aliphatic carbocycles. The largest absolute Gasteiger partial charge is 0.459 e. The normalized spacial score (nSPS) is 18.2. The van der Waals surface area contributed by atoms with E-state index >= 15 is 0 Å². The van der Waals surface area contributed by atoms with Gasteiger partial charge in [-0.1, -0.05) is 51.0 Å². The maximum Gasteiger partial charge on any atom is 0.338 e. The lowest BCUT2D eigenvalue weighted by Crippen LogP contribution is -2.40. The zero-order valence-electron chi connectivity index (χ0n) is 18.9. The highest BCUT2D eigenvalue weighted by atomic mass is 79.9. The van der Waals surface area contributed by atoms with Crippen LogP contribution in [0.5, 0.6) is 0 Å². The summed E-state index contributed by atoms with van der Waals surface area (Å²) in [6.45, 7) is 5.24. The number of thiazole rings is 1. The zero-order valence-corrected chi connectivity index (χ0v) is 22.0. The molecule has 0 unspecified atom stereocenters. The molecule has 5 rings (SSSR count). The van der Waals surface area contributed by atoms with Crippen molar-refractivity contribution < 1.29 is 14.3 Å². The lowest BCUT2D eigenvalue weighted by atomic mass is 9.96. The number of rotatable bonds is 3. The van der Waals surface area contributed by atoms with Gasteiger partial charge < -0.3 is 10.1 Å². The molecule has 3 heterocycles. The highest BCUT2D eigenvalue weighted by Crippen LogP contribution is 2.34.